The molecule has 0 saturated carbocycles. The third kappa shape index (κ3) is 2.38. The van der Waals surface area contributed by atoms with Crippen LogP contribution < -0.4 is 11.3 Å². The van der Waals surface area contributed by atoms with Crippen molar-refractivity contribution in [2.45, 2.75) is 24.5 Å². The maximum Gasteiger partial charge on any atom is 0.252 e. The van der Waals surface area contributed by atoms with E-state index in [-0.39, 0.29) is 5.56 Å². The van der Waals surface area contributed by atoms with Gasteiger partial charge in [0.05, 0.1) is 12.2 Å². The van der Waals surface area contributed by atoms with Crippen molar-refractivity contribution in [2.24, 2.45) is 5.73 Å². The number of aliphatic hydroxyl groups is 3. The average Bonchev–Trinajstić information content (AvgIpc) is 2.66. The summed E-state index contributed by atoms with van der Waals surface area (Å²) in [6.45, 7) is -0.501. The molecule has 1 aromatic rings. The lowest BCUT2D eigenvalue weighted by Gasteiger charge is -2.17. The van der Waals surface area contributed by atoms with E-state index in [1.54, 1.807) is 0 Å². The first-order chi connectivity index (χ1) is 8.95. The van der Waals surface area contributed by atoms with Crippen molar-refractivity contribution in [1.29, 1.82) is 0 Å². The standard InChI is InChI=1S/C11H14N2O6/c12-10(18)5-1-2-7(15)13(3-5)11-9(17)8(16)6(4-14)19-11/h1-3,6,8-9,11,14,16-17H,4H2,(H2,12,18)/t6-,8-,9-,11?/m1/s1. The van der Waals surface area contributed by atoms with Crippen molar-refractivity contribution in [2.75, 3.05) is 6.61 Å². The van der Waals surface area contributed by atoms with Crippen LogP contribution in [0.25, 0.3) is 0 Å². The van der Waals surface area contributed by atoms with E-state index in [0.717, 1.165) is 16.8 Å². The van der Waals surface area contributed by atoms with Crippen LogP contribution in [0.2, 0.25) is 0 Å². The van der Waals surface area contributed by atoms with Crippen LogP contribution in [0.3, 0.4) is 0 Å². The summed E-state index contributed by atoms with van der Waals surface area (Å²) in [4.78, 5) is 22.8. The molecular formula is C11H14N2O6. The average molecular weight is 270 g/mol. The van der Waals surface area contributed by atoms with Gasteiger partial charge in [0.1, 0.15) is 18.3 Å². The van der Waals surface area contributed by atoms with Crippen LogP contribution in [0.4, 0.5) is 0 Å². The number of rotatable bonds is 3. The van der Waals surface area contributed by atoms with Crippen LogP contribution in [0.1, 0.15) is 16.6 Å². The Labute approximate surface area is 107 Å². The van der Waals surface area contributed by atoms with Gasteiger partial charge in [0.15, 0.2) is 6.23 Å². The van der Waals surface area contributed by atoms with Crippen molar-refractivity contribution in [1.82, 2.24) is 4.57 Å². The van der Waals surface area contributed by atoms with Crippen molar-refractivity contribution in [3.8, 4) is 0 Å². The summed E-state index contributed by atoms with van der Waals surface area (Å²) in [5, 5.41) is 28.4. The molecule has 1 amide bonds. The highest BCUT2D eigenvalue weighted by molar-refractivity contribution is 5.92. The van der Waals surface area contributed by atoms with Gasteiger partial charge in [-0.2, -0.15) is 0 Å². The molecule has 1 aliphatic heterocycles. The summed E-state index contributed by atoms with van der Waals surface area (Å²) in [6.07, 6.45) is -3.74. The van der Waals surface area contributed by atoms with E-state index in [1.165, 1.54) is 6.07 Å². The predicted octanol–water partition coefficient (Wildman–Crippen LogP) is -2.44. The van der Waals surface area contributed by atoms with Crippen LogP contribution in [0.15, 0.2) is 23.1 Å². The van der Waals surface area contributed by atoms with Gasteiger partial charge in [-0.25, -0.2) is 0 Å². The fourth-order valence-electron chi connectivity index (χ4n) is 1.96. The second-order valence-corrected chi connectivity index (χ2v) is 4.26. The van der Waals surface area contributed by atoms with Gasteiger partial charge in [-0.3, -0.25) is 14.2 Å². The number of nitrogens with zero attached hydrogens (tertiary/aromatic N) is 1. The molecule has 1 aliphatic rings. The Morgan fingerprint density at radius 3 is 2.58 bits per heavy atom. The minimum atomic E-state index is -1.39. The number of pyridine rings is 1. The number of nitrogens with two attached hydrogens (primary N) is 1. The van der Waals surface area contributed by atoms with Gasteiger partial charge in [0.2, 0.25) is 5.91 Å². The lowest BCUT2D eigenvalue weighted by molar-refractivity contribution is -0.0544. The normalized spacial score (nSPS) is 30.5. The fraction of sp³-hybridized carbons (Fsp3) is 0.455. The van der Waals surface area contributed by atoms with E-state index in [0.29, 0.717) is 0 Å². The minimum Gasteiger partial charge on any atom is -0.394 e. The third-order valence-corrected chi connectivity index (χ3v) is 3.01. The zero-order valence-corrected chi connectivity index (χ0v) is 9.84. The predicted molar refractivity (Wildman–Crippen MR) is 62.2 cm³/mol. The molecule has 1 aromatic heterocycles. The molecule has 8 heteroatoms. The van der Waals surface area contributed by atoms with E-state index in [1.807, 2.05) is 0 Å². The Kier molecular flexibility index (Phi) is 3.67. The van der Waals surface area contributed by atoms with Gasteiger partial charge in [0, 0.05) is 12.3 Å². The number of carbonyl (C=O) groups excluding carboxylic acids is 1. The third-order valence-electron chi connectivity index (χ3n) is 3.01. The molecule has 2 heterocycles. The Morgan fingerprint density at radius 1 is 1.37 bits per heavy atom. The Bertz CT molecular complexity index is 542. The SMILES string of the molecule is NC(=O)c1ccc(=O)n(C2O[C@H](CO)[C@@H](O)[C@H]2O)c1. The quantitative estimate of drug-likeness (QED) is 0.482. The second-order valence-electron chi connectivity index (χ2n) is 4.26. The lowest BCUT2D eigenvalue weighted by atomic mass is 10.1. The van der Waals surface area contributed by atoms with Gasteiger partial charge < -0.3 is 25.8 Å². The maximum absolute atomic E-state index is 11.7. The van der Waals surface area contributed by atoms with Crippen LogP contribution in [-0.4, -0.2) is 50.7 Å². The molecule has 0 aliphatic carbocycles. The van der Waals surface area contributed by atoms with Crippen molar-refractivity contribution < 1.29 is 24.9 Å². The van der Waals surface area contributed by atoms with Crippen molar-refractivity contribution in [3.05, 3.63) is 34.2 Å². The number of primary amides is 1. The summed E-state index contributed by atoms with van der Waals surface area (Å²) in [6, 6.07) is 2.36. The molecule has 4 atom stereocenters. The molecule has 19 heavy (non-hydrogen) atoms. The van der Waals surface area contributed by atoms with Crippen LogP contribution >= 0.6 is 0 Å². The Morgan fingerprint density at radius 2 is 2.05 bits per heavy atom. The first kappa shape index (κ1) is 13.7. The first-order valence-electron chi connectivity index (χ1n) is 5.60. The molecule has 0 radical (unpaired) electrons. The van der Waals surface area contributed by atoms with Crippen LogP contribution in [0, 0.1) is 0 Å². The molecule has 0 spiro atoms. The zero-order valence-electron chi connectivity index (χ0n) is 9.84. The van der Waals surface area contributed by atoms with E-state index >= 15 is 0 Å². The Hall–Kier alpha value is -1.74. The molecule has 0 aromatic carbocycles. The summed E-state index contributed by atoms with van der Waals surface area (Å²) < 4.78 is 6.16. The van der Waals surface area contributed by atoms with Crippen molar-refractivity contribution >= 4 is 5.91 Å². The first-order valence-corrected chi connectivity index (χ1v) is 5.60. The van der Waals surface area contributed by atoms with Gasteiger partial charge in [0.25, 0.3) is 5.56 Å². The second kappa shape index (κ2) is 5.10. The number of aliphatic hydroxyl groups excluding tert-OH is 3. The van der Waals surface area contributed by atoms with Crippen molar-refractivity contribution in [3.63, 3.8) is 0 Å². The Balaban J connectivity index is 2.39. The van der Waals surface area contributed by atoms with Gasteiger partial charge in [-0.15, -0.1) is 0 Å². The van der Waals surface area contributed by atoms with Crippen LogP contribution in [-0.2, 0) is 4.74 Å². The highest BCUT2D eigenvalue weighted by Crippen LogP contribution is 2.28. The summed E-state index contributed by atoms with van der Waals surface area (Å²) in [5.41, 5.74) is 4.64. The lowest BCUT2D eigenvalue weighted by Crippen LogP contribution is -2.35. The topological polar surface area (TPSA) is 135 Å². The molecule has 1 saturated heterocycles. The number of carbonyl (C=O) groups is 1. The summed E-state index contributed by atoms with van der Waals surface area (Å²) in [7, 11) is 0. The van der Waals surface area contributed by atoms with E-state index < -0.39 is 42.6 Å². The summed E-state index contributed by atoms with van der Waals surface area (Å²) >= 11 is 0. The van der Waals surface area contributed by atoms with E-state index in [9.17, 15) is 19.8 Å². The number of hydrogen-bond acceptors (Lipinski definition) is 6. The highest BCUT2D eigenvalue weighted by atomic mass is 16.6. The number of hydrogen-bond donors (Lipinski definition) is 4. The fourth-order valence-corrected chi connectivity index (χ4v) is 1.96. The smallest absolute Gasteiger partial charge is 0.252 e. The molecule has 1 unspecified atom stereocenters. The minimum absolute atomic E-state index is 0.0670. The number of ether oxygens (including phenoxy) is 1. The molecule has 8 nitrogen and oxygen atoms in total. The van der Waals surface area contributed by atoms with Gasteiger partial charge >= 0.3 is 0 Å². The highest BCUT2D eigenvalue weighted by Gasteiger charge is 2.43. The van der Waals surface area contributed by atoms with Gasteiger partial charge in [-0.1, -0.05) is 0 Å². The largest absolute Gasteiger partial charge is 0.394 e. The van der Waals surface area contributed by atoms with E-state index in [2.05, 4.69) is 0 Å². The maximum atomic E-state index is 11.7. The number of amides is 1. The molecule has 1 fully saturated rings. The summed E-state index contributed by atoms with van der Waals surface area (Å²) in [5.74, 6) is -0.736. The number of aromatic nitrogens is 1. The van der Waals surface area contributed by atoms with Crippen LogP contribution in [0.5, 0.6) is 0 Å². The monoisotopic (exact) mass is 270 g/mol. The van der Waals surface area contributed by atoms with Gasteiger partial charge in [-0.05, 0) is 6.07 Å². The molecule has 104 valence electrons. The zero-order chi connectivity index (χ0) is 14.2. The molecule has 0 bridgehead atoms. The molecule has 2 rings (SSSR count). The molecule has 5 N–H and O–H groups in total. The van der Waals surface area contributed by atoms with E-state index in [4.69, 9.17) is 15.6 Å². The molecular weight excluding hydrogens is 256 g/mol.